The van der Waals surface area contributed by atoms with Crippen molar-refractivity contribution >= 4 is 54.5 Å². The van der Waals surface area contributed by atoms with Crippen molar-refractivity contribution in [1.29, 1.82) is 0 Å². The van der Waals surface area contributed by atoms with Gasteiger partial charge in [0.25, 0.3) is 0 Å². The normalized spacial score (nSPS) is 11.7. The molecule has 12 aromatic rings. The molecule has 0 radical (unpaired) electrons. The van der Waals surface area contributed by atoms with Crippen LogP contribution in [0.2, 0.25) is 0 Å². The average Bonchev–Trinajstić information content (AvgIpc) is 3.87. The average molecular weight is 766 g/mol. The highest BCUT2D eigenvalue weighted by Gasteiger charge is 2.19. The van der Waals surface area contributed by atoms with E-state index >= 15 is 0 Å². The fraction of sp³-hybridized carbons (Fsp3) is 0. The third-order valence-corrected chi connectivity index (χ3v) is 11.9. The predicted molar refractivity (Wildman–Crippen MR) is 248 cm³/mol. The number of aromatic nitrogens is 3. The molecule has 0 aliphatic heterocycles. The zero-order valence-electron chi connectivity index (χ0n) is 32.5. The molecule has 0 aliphatic rings. The van der Waals surface area contributed by atoms with Crippen LogP contribution in [0.5, 0.6) is 0 Å². The van der Waals surface area contributed by atoms with Gasteiger partial charge in [-0.05, 0) is 81.6 Å². The minimum Gasteiger partial charge on any atom is -0.455 e. The molecule has 0 atom stereocenters. The highest BCUT2D eigenvalue weighted by molar-refractivity contribution is 6.11. The van der Waals surface area contributed by atoms with Crippen LogP contribution in [0, 0.1) is 0 Å². The molecule has 3 aromatic heterocycles. The number of benzene rings is 9. The molecule has 0 fully saturated rings. The van der Waals surface area contributed by atoms with E-state index in [4.69, 9.17) is 14.4 Å². The summed E-state index contributed by atoms with van der Waals surface area (Å²) < 4.78 is 8.85. The Bertz CT molecular complexity index is 3580. The van der Waals surface area contributed by atoms with Crippen molar-refractivity contribution in [3.63, 3.8) is 0 Å². The maximum atomic E-state index is 6.49. The van der Waals surface area contributed by atoms with E-state index in [9.17, 15) is 0 Å². The first-order chi connectivity index (χ1) is 29.7. The van der Waals surface area contributed by atoms with E-state index in [1.54, 1.807) is 0 Å². The highest BCUT2D eigenvalue weighted by atomic mass is 16.3. The summed E-state index contributed by atoms with van der Waals surface area (Å²) in [5, 5.41) is 6.95. The summed E-state index contributed by atoms with van der Waals surface area (Å²) in [6.07, 6.45) is 0. The van der Waals surface area contributed by atoms with Gasteiger partial charge in [0, 0.05) is 43.9 Å². The molecule has 0 aliphatic carbocycles. The third-order valence-electron chi connectivity index (χ3n) is 11.9. The zero-order chi connectivity index (χ0) is 39.6. The fourth-order valence-electron chi connectivity index (χ4n) is 9.01. The van der Waals surface area contributed by atoms with Crippen LogP contribution >= 0.6 is 0 Å². The summed E-state index contributed by atoms with van der Waals surface area (Å²) in [5.74, 6) is 0.669. The summed E-state index contributed by atoms with van der Waals surface area (Å²) in [5.41, 5.74) is 14.6. The summed E-state index contributed by atoms with van der Waals surface area (Å²) in [6.45, 7) is 0. The molecular weight excluding hydrogens is 731 g/mol. The van der Waals surface area contributed by atoms with Crippen molar-refractivity contribution in [3.8, 4) is 61.8 Å². The lowest BCUT2D eigenvalue weighted by Crippen LogP contribution is -1.97. The van der Waals surface area contributed by atoms with Gasteiger partial charge >= 0.3 is 0 Å². The lowest BCUT2D eigenvalue weighted by Gasteiger charge is -2.14. The Morgan fingerprint density at radius 1 is 0.333 bits per heavy atom. The summed E-state index contributed by atoms with van der Waals surface area (Å²) >= 11 is 0. The third kappa shape index (κ3) is 5.53. The molecule has 0 spiro atoms. The molecule has 0 unspecified atom stereocenters. The Hall–Kier alpha value is -8.08. The first kappa shape index (κ1) is 34.0. The second-order valence-corrected chi connectivity index (χ2v) is 15.3. The monoisotopic (exact) mass is 765 g/mol. The van der Waals surface area contributed by atoms with Crippen LogP contribution in [0.15, 0.2) is 217 Å². The van der Waals surface area contributed by atoms with Gasteiger partial charge in [-0.2, -0.15) is 0 Å². The van der Waals surface area contributed by atoms with Gasteiger partial charge in [0.1, 0.15) is 11.2 Å². The van der Waals surface area contributed by atoms with E-state index < -0.39 is 0 Å². The summed E-state index contributed by atoms with van der Waals surface area (Å²) in [4.78, 5) is 10.4. The minimum atomic E-state index is 0.669. The van der Waals surface area contributed by atoms with Gasteiger partial charge in [0.15, 0.2) is 5.82 Å². The molecule has 0 N–H and O–H groups in total. The Balaban J connectivity index is 0.956. The number of hydrogen-bond donors (Lipinski definition) is 0. The van der Waals surface area contributed by atoms with Crippen LogP contribution in [0.4, 0.5) is 0 Å². The molecule has 280 valence electrons. The van der Waals surface area contributed by atoms with Crippen molar-refractivity contribution in [2.45, 2.75) is 0 Å². The molecule has 0 bridgehead atoms. The SMILES string of the molecule is c1ccc(-c2nc(-c3ccc(-c4ccc(-c5ccc6c(c5)c5ccccc5n6-c5ccccc5)cc4)c4ccccc34)cc(-c3cccc4c3oc3ccccc34)n2)cc1. The lowest BCUT2D eigenvalue weighted by molar-refractivity contribution is 0.670. The molecule has 60 heavy (non-hydrogen) atoms. The van der Waals surface area contributed by atoms with Crippen molar-refractivity contribution < 1.29 is 4.42 Å². The summed E-state index contributed by atoms with van der Waals surface area (Å²) in [7, 11) is 0. The smallest absolute Gasteiger partial charge is 0.160 e. The number of furan rings is 1. The molecule has 3 heterocycles. The van der Waals surface area contributed by atoms with Crippen molar-refractivity contribution in [1.82, 2.24) is 14.5 Å². The van der Waals surface area contributed by atoms with E-state index in [1.807, 2.05) is 30.3 Å². The minimum absolute atomic E-state index is 0.669. The second kappa shape index (κ2) is 13.8. The van der Waals surface area contributed by atoms with E-state index in [0.29, 0.717) is 5.82 Å². The Kier molecular flexibility index (Phi) is 7.82. The van der Waals surface area contributed by atoms with Crippen LogP contribution in [-0.2, 0) is 0 Å². The van der Waals surface area contributed by atoms with Crippen LogP contribution in [0.25, 0.3) is 116 Å². The number of fused-ring (bicyclic) bond motifs is 7. The number of nitrogens with zero attached hydrogens (tertiary/aromatic N) is 3. The Morgan fingerprint density at radius 3 is 1.72 bits per heavy atom. The van der Waals surface area contributed by atoms with Crippen LogP contribution in [0.3, 0.4) is 0 Å². The molecule has 0 amide bonds. The quantitative estimate of drug-likeness (QED) is 0.169. The standard InChI is InChI=1S/C56H35N3O/c1-3-14-38(15-4-1)56-57-50(35-51(58-56)48-23-13-22-47-46-21-10-12-25-54(46)60-55(47)48)44-32-31-41(42-18-7-8-19-43(42)44)37-28-26-36(27-29-37)39-30-33-53-49(34-39)45-20-9-11-24-52(45)59(53)40-16-5-2-6-17-40/h1-35H. The predicted octanol–water partition coefficient (Wildman–Crippen LogP) is 15.0. The topological polar surface area (TPSA) is 43.9 Å². The van der Waals surface area contributed by atoms with Crippen molar-refractivity contribution in [2.24, 2.45) is 0 Å². The molecule has 0 saturated heterocycles. The van der Waals surface area contributed by atoms with E-state index in [1.165, 1.54) is 43.9 Å². The molecule has 9 aromatic carbocycles. The van der Waals surface area contributed by atoms with Gasteiger partial charge in [0.2, 0.25) is 0 Å². The molecule has 12 rings (SSSR count). The van der Waals surface area contributed by atoms with Crippen molar-refractivity contribution in [3.05, 3.63) is 212 Å². The number of para-hydroxylation sites is 4. The molecule has 4 nitrogen and oxygen atoms in total. The van der Waals surface area contributed by atoms with Gasteiger partial charge in [-0.1, -0.05) is 164 Å². The zero-order valence-corrected chi connectivity index (χ0v) is 32.5. The van der Waals surface area contributed by atoms with Gasteiger partial charge in [-0.15, -0.1) is 0 Å². The van der Waals surface area contributed by atoms with Gasteiger partial charge in [-0.3, -0.25) is 0 Å². The molecule has 0 saturated carbocycles. The number of hydrogen-bond acceptors (Lipinski definition) is 3. The number of rotatable bonds is 6. The maximum Gasteiger partial charge on any atom is 0.160 e. The largest absolute Gasteiger partial charge is 0.455 e. The first-order valence-corrected chi connectivity index (χ1v) is 20.3. The molecule has 4 heteroatoms. The van der Waals surface area contributed by atoms with Crippen LogP contribution in [0.1, 0.15) is 0 Å². The second-order valence-electron chi connectivity index (χ2n) is 15.3. The van der Waals surface area contributed by atoms with E-state index in [-0.39, 0.29) is 0 Å². The van der Waals surface area contributed by atoms with Gasteiger partial charge in [0.05, 0.1) is 22.4 Å². The van der Waals surface area contributed by atoms with Gasteiger partial charge in [-0.25, -0.2) is 9.97 Å². The fourth-order valence-corrected chi connectivity index (χ4v) is 9.01. The van der Waals surface area contributed by atoms with Crippen molar-refractivity contribution in [2.75, 3.05) is 0 Å². The van der Waals surface area contributed by atoms with Gasteiger partial charge < -0.3 is 8.98 Å². The van der Waals surface area contributed by atoms with E-state index in [0.717, 1.165) is 66.7 Å². The summed E-state index contributed by atoms with van der Waals surface area (Å²) in [6, 6.07) is 75.0. The lowest BCUT2D eigenvalue weighted by atomic mass is 9.92. The Morgan fingerprint density at radius 2 is 0.917 bits per heavy atom. The Labute approximate surface area is 346 Å². The molecular formula is C56H35N3O. The van der Waals surface area contributed by atoms with Crippen LogP contribution in [-0.4, -0.2) is 14.5 Å². The maximum absolute atomic E-state index is 6.49. The van der Waals surface area contributed by atoms with E-state index in [2.05, 4.69) is 187 Å². The van der Waals surface area contributed by atoms with Crippen LogP contribution < -0.4 is 0 Å². The first-order valence-electron chi connectivity index (χ1n) is 20.3. The highest BCUT2D eigenvalue weighted by Crippen LogP contribution is 2.41.